The van der Waals surface area contributed by atoms with Crippen molar-refractivity contribution in [2.24, 2.45) is 17.8 Å². The molecule has 2 aromatic rings. The van der Waals surface area contributed by atoms with Crippen LogP contribution < -0.4 is 9.64 Å². The van der Waals surface area contributed by atoms with E-state index < -0.39 is 10.1 Å². The van der Waals surface area contributed by atoms with Gasteiger partial charge in [0.1, 0.15) is 5.75 Å². The molecular weight excluding hydrogens is 602 g/mol. The van der Waals surface area contributed by atoms with Gasteiger partial charge in [0.2, 0.25) is 0 Å². The molecule has 2 saturated carbocycles. The molecule has 44 heavy (non-hydrogen) atoms. The van der Waals surface area contributed by atoms with Crippen LogP contribution in [-0.4, -0.2) is 66.8 Å². The van der Waals surface area contributed by atoms with Crippen LogP contribution in [-0.2, 0) is 35.6 Å². The number of carbonyl (C=O) groups excluding carboxylic acids is 1. The molecule has 1 spiro atoms. The van der Waals surface area contributed by atoms with E-state index in [0.717, 1.165) is 87.2 Å². The Morgan fingerprint density at radius 1 is 1.11 bits per heavy atom. The third kappa shape index (κ3) is 6.48. The molecule has 3 aliphatic carbocycles. The van der Waals surface area contributed by atoms with E-state index in [9.17, 15) is 13.2 Å². The van der Waals surface area contributed by atoms with Crippen molar-refractivity contribution in [3.05, 3.63) is 58.1 Å². The Morgan fingerprint density at radius 2 is 1.95 bits per heavy atom. The molecule has 0 amide bonds. The fourth-order valence-corrected chi connectivity index (χ4v) is 9.29. The molecule has 0 saturated heterocycles. The van der Waals surface area contributed by atoms with Gasteiger partial charge in [0.25, 0.3) is 10.1 Å². The fraction of sp³-hybridized carbons (Fsp3) is 0.618. The normalized spacial score (nSPS) is 29.0. The maximum Gasteiger partial charge on any atom is 0.337 e. The van der Waals surface area contributed by atoms with Gasteiger partial charge >= 0.3 is 5.97 Å². The molecule has 0 bridgehead atoms. The quantitative estimate of drug-likeness (QED) is 0.249. The first kappa shape index (κ1) is 31.6. The number of benzene rings is 2. The smallest absolute Gasteiger partial charge is 0.337 e. The summed E-state index contributed by atoms with van der Waals surface area (Å²) in [5, 5.41) is 0.757. The molecule has 0 radical (unpaired) electrons. The van der Waals surface area contributed by atoms with Crippen LogP contribution >= 0.6 is 11.6 Å². The number of anilines is 1. The molecule has 1 unspecified atom stereocenters. The van der Waals surface area contributed by atoms with E-state index in [1.807, 2.05) is 18.2 Å². The summed E-state index contributed by atoms with van der Waals surface area (Å²) in [7, 11) is -0.308. The third-order valence-electron chi connectivity index (χ3n) is 10.5. The lowest BCUT2D eigenvalue weighted by Gasteiger charge is -2.48. The lowest BCUT2D eigenvalue weighted by Crippen LogP contribution is -2.51. The number of nitrogens with zero attached hydrogens (tertiary/aromatic N) is 1. The van der Waals surface area contributed by atoms with E-state index >= 15 is 0 Å². The van der Waals surface area contributed by atoms with Gasteiger partial charge in [-0.05, 0) is 111 Å². The van der Waals surface area contributed by atoms with Crippen LogP contribution in [0.3, 0.4) is 0 Å². The molecule has 240 valence electrons. The second kappa shape index (κ2) is 12.8. The van der Waals surface area contributed by atoms with Gasteiger partial charge in [-0.3, -0.25) is 4.18 Å². The maximum absolute atomic E-state index is 12.6. The highest BCUT2D eigenvalue weighted by atomic mass is 35.5. The van der Waals surface area contributed by atoms with E-state index in [0.29, 0.717) is 30.4 Å². The molecule has 6 rings (SSSR count). The van der Waals surface area contributed by atoms with Gasteiger partial charge in [-0.2, -0.15) is 8.42 Å². The Bertz CT molecular complexity index is 1480. The predicted octanol–water partition coefficient (Wildman–Crippen LogP) is 6.18. The van der Waals surface area contributed by atoms with Gasteiger partial charge in [0, 0.05) is 30.6 Å². The van der Waals surface area contributed by atoms with Gasteiger partial charge in [0.15, 0.2) is 0 Å². The van der Waals surface area contributed by atoms with Crippen molar-refractivity contribution < 1.29 is 31.6 Å². The highest BCUT2D eigenvalue weighted by Crippen LogP contribution is 2.48. The summed E-state index contributed by atoms with van der Waals surface area (Å²) in [6, 6.07) is 11.9. The molecule has 0 aromatic heterocycles. The van der Waals surface area contributed by atoms with E-state index in [1.165, 1.54) is 18.2 Å². The fourth-order valence-electron chi connectivity index (χ4n) is 8.43. The second-order valence-electron chi connectivity index (χ2n) is 13.3. The number of esters is 1. The topological polar surface area (TPSA) is 91.4 Å². The number of fused-ring (bicyclic) bond motifs is 3. The zero-order chi connectivity index (χ0) is 31.1. The summed E-state index contributed by atoms with van der Waals surface area (Å²) >= 11 is 6.42. The molecule has 0 N–H and O–H groups in total. The number of halogens is 1. The van der Waals surface area contributed by atoms with Crippen molar-refractivity contribution in [3.8, 4) is 5.75 Å². The van der Waals surface area contributed by atoms with Crippen LogP contribution in [0.25, 0.3) is 0 Å². The SMILES string of the molecule is COC(=O)c1ccc2c(c1)N(C[C@@H]1CC[C@H]1[C@H](OC)[C@H]1CCCC(OS(C)(=O)=O)C1)C[C@@]1(CCCc3cc(Cl)ccc31)CO2. The Labute approximate surface area is 266 Å². The van der Waals surface area contributed by atoms with Gasteiger partial charge < -0.3 is 19.1 Å². The number of hydrogen-bond donors (Lipinski definition) is 0. The predicted molar refractivity (Wildman–Crippen MR) is 170 cm³/mol. The summed E-state index contributed by atoms with van der Waals surface area (Å²) in [4.78, 5) is 15.0. The van der Waals surface area contributed by atoms with E-state index in [2.05, 4.69) is 17.0 Å². The van der Waals surface area contributed by atoms with Crippen LogP contribution in [0.5, 0.6) is 5.75 Å². The van der Waals surface area contributed by atoms with E-state index in [1.54, 1.807) is 13.2 Å². The molecule has 4 aliphatic rings. The average molecular weight is 646 g/mol. The first-order valence-corrected chi connectivity index (χ1v) is 18.1. The molecule has 8 nitrogen and oxygen atoms in total. The van der Waals surface area contributed by atoms with Gasteiger partial charge in [-0.25, -0.2) is 4.79 Å². The highest BCUT2D eigenvalue weighted by Gasteiger charge is 2.46. The van der Waals surface area contributed by atoms with Crippen LogP contribution in [0.4, 0.5) is 5.69 Å². The zero-order valence-corrected chi connectivity index (χ0v) is 27.5. The van der Waals surface area contributed by atoms with Gasteiger partial charge in [-0.15, -0.1) is 0 Å². The van der Waals surface area contributed by atoms with Crippen LogP contribution in [0.15, 0.2) is 36.4 Å². The maximum atomic E-state index is 12.6. The third-order valence-corrected chi connectivity index (χ3v) is 11.4. The number of ether oxygens (including phenoxy) is 3. The lowest BCUT2D eigenvalue weighted by atomic mass is 9.65. The van der Waals surface area contributed by atoms with E-state index in [4.69, 9.17) is 30.0 Å². The van der Waals surface area contributed by atoms with E-state index in [-0.39, 0.29) is 29.5 Å². The molecule has 1 aliphatic heterocycles. The highest BCUT2D eigenvalue weighted by molar-refractivity contribution is 7.86. The standard InChI is InChI=1S/C34H44ClNO7S/c1-40-32(23-6-4-8-27(17-23)43-44(3,38)39)28-12-9-25(28)19-36-20-34(15-5-7-22-16-26(35)11-13-29(22)34)21-42-31-14-10-24(18-30(31)36)33(37)41-2/h10-11,13-14,16,18,23,25,27-28,32H,4-9,12,15,17,19-21H2,1-3H3/t23-,25-,27?,28+,32+,34-/m0/s1. The van der Waals surface area contributed by atoms with Gasteiger partial charge in [-0.1, -0.05) is 24.1 Å². The zero-order valence-electron chi connectivity index (χ0n) is 25.9. The largest absolute Gasteiger partial charge is 0.490 e. The number of rotatable bonds is 8. The van der Waals surface area contributed by atoms with Crippen molar-refractivity contribution in [1.29, 1.82) is 0 Å². The van der Waals surface area contributed by atoms with Crippen molar-refractivity contribution >= 4 is 33.4 Å². The summed E-state index contributed by atoms with van der Waals surface area (Å²) < 4.78 is 47.0. The minimum Gasteiger partial charge on any atom is -0.490 e. The van der Waals surface area contributed by atoms with Crippen molar-refractivity contribution in [1.82, 2.24) is 0 Å². The molecule has 10 heteroatoms. The minimum atomic E-state index is -3.50. The minimum absolute atomic E-state index is 0.0373. The summed E-state index contributed by atoms with van der Waals surface area (Å²) in [5.41, 5.74) is 3.81. The first-order chi connectivity index (χ1) is 21.1. The van der Waals surface area contributed by atoms with Crippen LogP contribution in [0.1, 0.15) is 72.9 Å². The summed E-state index contributed by atoms with van der Waals surface area (Å²) in [6.07, 6.45) is 9.51. The summed E-state index contributed by atoms with van der Waals surface area (Å²) in [5.74, 6) is 1.40. The number of aryl methyl sites for hydroxylation is 1. The molecule has 2 fully saturated rings. The van der Waals surface area contributed by atoms with Crippen LogP contribution in [0, 0.1) is 17.8 Å². The number of carbonyl (C=O) groups is 1. The lowest BCUT2D eigenvalue weighted by molar-refractivity contribution is -0.0693. The first-order valence-electron chi connectivity index (χ1n) is 15.9. The molecular formula is C34H44ClNO7S. The summed E-state index contributed by atoms with van der Waals surface area (Å²) in [6.45, 7) is 2.14. The molecule has 1 heterocycles. The Hall–Kier alpha value is -2.33. The Balaban J connectivity index is 1.29. The van der Waals surface area contributed by atoms with Crippen molar-refractivity contribution in [2.75, 3.05) is 45.1 Å². The second-order valence-corrected chi connectivity index (χ2v) is 15.4. The van der Waals surface area contributed by atoms with Crippen molar-refractivity contribution in [3.63, 3.8) is 0 Å². The molecule has 6 atom stereocenters. The Morgan fingerprint density at radius 3 is 2.68 bits per heavy atom. The van der Waals surface area contributed by atoms with Gasteiger partial charge in [0.05, 0.1) is 43.4 Å². The molecule has 2 aromatic carbocycles. The number of methoxy groups -OCH3 is 2. The average Bonchev–Trinajstić information content (AvgIpc) is 3.13. The van der Waals surface area contributed by atoms with Crippen molar-refractivity contribution in [2.45, 2.75) is 75.4 Å². The Kier molecular flexibility index (Phi) is 9.22. The monoisotopic (exact) mass is 645 g/mol. The number of hydrogen-bond acceptors (Lipinski definition) is 8. The van der Waals surface area contributed by atoms with Crippen LogP contribution in [0.2, 0.25) is 5.02 Å².